The first-order valence-electron chi connectivity index (χ1n) is 8.98. The summed E-state index contributed by atoms with van der Waals surface area (Å²) in [6.07, 6.45) is -0.230. The van der Waals surface area contributed by atoms with Gasteiger partial charge in [0.15, 0.2) is 0 Å². The SMILES string of the molecule is CCN1CCN(C(=O)OC)CC1c1ccccc1.COc1ccc2cc1-2. The number of rotatable bonds is 3. The summed E-state index contributed by atoms with van der Waals surface area (Å²) in [5.74, 6) is 1.01. The molecule has 1 unspecified atom stereocenters. The number of benzene rings is 2. The minimum absolute atomic E-state index is 0.230. The van der Waals surface area contributed by atoms with Crippen molar-refractivity contribution in [1.82, 2.24) is 9.80 Å². The fourth-order valence-electron chi connectivity index (χ4n) is 3.39. The molecule has 0 radical (unpaired) electrons. The van der Waals surface area contributed by atoms with Crippen molar-refractivity contribution in [3.8, 4) is 16.9 Å². The summed E-state index contributed by atoms with van der Waals surface area (Å²) in [6.45, 7) is 5.48. The first-order valence-corrected chi connectivity index (χ1v) is 8.98. The Balaban J connectivity index is 0.000000201. The molecule has 1 atom stereocenters. The third-order valence-corrected chi connectivity index (χ3v) is 4.94. The van der Waals surface area contributed by atoms with Crippen LogP contribution in [0, 0.1) is 0 Å². The fraction of sp³-hybridized carbons (Fsp3) is 0.381. The molecule has 1 saturated heterocycles. The second-order valence-corrected chi connectivity index (χ2v) is 6.39. The Morgan fingerprint density at radius 2 is 1.88 bits per heavy atom. The summed E-state index contributed by atoms with van der Waals surface area (Å²) in [7, 11) is 3.13. The second kappa shape index (κ2) is 8.23. The van der Waals surface area contributed by atoms with Crippen LogP contribution in [0.4, 0.5) is 4.79 Å². The number of piperazine rings is 1. The molecule has 1 aliphatic heterocycles. The Morgan fingerprint density at radius 3 is 2.38 bits per heavy atom. The van der Waals surface area contributed by atoms with Gasteiger partial charge in [-0.2, -0.15) is 0 Å². The van der Waals surface area contributed by atoms with Gasteiger partial charge in [-0.05, 0) is 29.8 Å². The number of nitrogens with zero attached hydrogens (tertiary/aromatic N) is 2. The maximum atomic E-state index is 11.6. The van der Waals surface area contributed by atoms with Crippen LogP contribution in [0.25, 0.3) is 11.1 Å². The molecule has 1 amide bonds. The zero-order valence-corrected chi connectivity index (χ0v) is 15.6. The largest absolute Gasteiger partial charge is 0.496 e. The van der Waals surface area contributed by atoms with Crippen molar-refractivity contribution in [1.29, 1.82) is 0 Å². The summed E-state index contributed by atoms with van der Waals surface area (Å²) in [6, 6.07) is 16.8. The normalized spacial score (nSPS) is 17.8. The number of methoxy groups -OCH3 is 2. The zero-order valence-electron chi connectivity index (χ0n) is 15.6. The third kappa shape index (κ3) is 3.99. The molecule has 2 aliphatic carbocycles. The quantitative estimate of drug-likeness (QED) is 0.717. The predicted molar refractivity (Wildman–Crippen MR) is 102 cm³/mol. The monoisotopic (exact) mass is 354 g/mol. The summed E-state index contributed by atoms with van der Waals surface area (Å²) in [4.78, 5) is 15.8. The van der Waals surface area contributed by atoms with Crippen LogP contribution in [0.1, 0.15) is 18.5 Å². The van der Waals surface area contributed by atoms with Crippen molar-refractivity contribution in [2.75, 3.05) is 40.4 Å². The summed E-state index contributed by atoms with van der Waals surface area (Å²) >= 11 is 0. The summed E-state index contributed by atoms with van der Waals surface area (Å²) in [5.41, 5.74) is 3.88. The number of fused-ring (bicyclic) bond motifs is 1. The molecule has 1 aromatic carbocycles. The van der Waals surface area contributed by atoms with Crippen LogP contribution in [0.2, 0.25) is 0 Å². The highest BCUT2D eigenvalue weighted by Gasteiger charge is 2.29. The van der Waals surface area contributed by atoms with Gasteiger partial charge < -0.3 is 14.4 Å². The number of hydrogen-bond donors (Lipinski definition) is 0. The van der Waals surface area contributed by atoms with Crippen molar-refractivity contribution in [2.45, 2.75) is 13.0 Å². The van der Waals surface area contributed by atoms with Gasteiger partial charge >= 0.3 is 6.09 Å². The molecule has 1 fully saturated rings. The van der Waals surface area contributed by atoms with E-state index >= 15 is 0 Å². The number of carbonyl (C=O) groups is 1. The van der Waals surface area contributed by atoms with Crippen LogP contribution < -0.4 is 4.74 Å². The number of likely N-dealkylation sites (N-methyl/N-ethyl adjacent to an activating group) is 1. The molecule has 0 spiro atoms. The Kier molecular flexibility index (Phi) is 5.78. The Hall–Kier alpha value is -2.53. The topological polar surface area (TPSA) is 42.0 Å². The van der Waals surface area contributed by atoms with Crippen LogP contribution in [0.3, 0.4) is 0 Å². The first-order chi connectivity index (χ1) is 12.7. The van der Waals surface area contributed by atoms with E-state index in [9.17, 15) is 4.79 Å². The Labute approximate surface area is 155 Å². The van der Waals surface area contributed by atoms with E-state index < -0.39 is 0 Å². The highest BCUT2D eigenvalue weighted by Crippen LogP contribution is 2.43. The van der Waals surface area contributed by atoms with E-state index in [-0.39, 0.29) is 12.1 Å². The average molecular weight is 354 g/mol. The summed E-state index contributed by atoms with van der Waals surface area (Å²) in [5, 5.41) is 0. The van der Waals surface area contributed by atoms with E-state index in [0.29, 0.717) is 6.54 Å². The number of hydrogen-bond acceptors (Lipinski definition) is 4. The standard InChI is InChI=1S/C14H20N2O2.C7H6O/c1-3-15-9-10-16(14(17)18-2)11-13(15)12-7-5-4-6-8-12;1-8-7-3-2-5-4-6(5)7/h4-8,13H,3,9-11H2,1-2H3;2-4H,1H3. The van der Waals surface area contributed by atoms with Gasteiger partial charge in [0.2, 0.25) is 0 Å². The molecule has 5 heteroatoms. The zero-order chi connectivity index (χ0) is 18.5. The highest BCUT2D eigenvalue weighted by atomic mass is 16.5. The van der Waals surface area contributed by atoms with Crippen LogP contribution in [0.5, 0.6) is 5.75 Å². The van der Waals surface area contributed by atoms with Crippen LogP contribution >= 0.6 is 0 Å². The van der Waals surface area contributed by atoms with Crippen LogP contribution in [-0.2, 0) is 4.74 Å². The molecule has 5 nitrogen and oxygen atoms in total. The van der Waals surface area contributed by atoms with E-state index in [1.165, 1.54) is 23.8 Å². The Morgan fingerprint density at radius 1 is 1.12 bits per heavy atom. The van der Waals surface area contributed by atoms with Crippen molar-refractivity contribution in [3.05, 3.63) is 54.1 Å². The Bertz CT molecular complexity index is 748. The molecule has 1 aromatic rings. The number of ether oxygens (including phenoxy) is 2. The van der Waals surface area contributed by atoms with Crippen LogP contribution in [0.15, 0.2) is 48.5 Å². The van der Waals surface area contributed by atoms with Crippen molar-refractivity contribution < 1.29 is 14.3 Å². The minimum atomic E-state index is -0.230. The lowest BCUT2D eigenvalue weighted by Gasteiger charge is -2.40. The number of carbonyl (C=O) groups excluding carboxylic acids is 1. The van der Waals surface area contributed by atoms with E-state index in [1.54, 1.807) is 12.0 Å². The maximum Gasteiger partial charge on any atom is 0.409 e. The van der Waals surface area contributed by atoms with Gasteiger partial charge in [-0.1, -0.05) is 43.3 Å². The average Bonchev–Trinajstić information content (AvgIpc) is 3.38. The van der Waals surface area contributed by atoms with E-state index in [4.69, 9.17) is 9.47 Å². The highest BCUT2D eigenvalue weighted by molar-refractivity contribution is 5.87. The second-order valence-electron chi connectivity index (χ2n) is 6.39. The van der Waals surface area contributed by atoms with Gasteiger partial charge in [-0.15, -0.1) is 0 Å². The maximum absolute atomic E-state index is 11.6. The molecule has 3 aliphatic rings. The van der Waals surface area contributed by atoms with Crippen molar-refractivity contribution in [3.63, 3.8) is 0 Å². The molecule has 26 heavy (non-hydrogen) atoms. The van der Waals surface area contributed by atoms with Crippen molar-refractivity contribution >= 4 is 6.09 Å². The lowest BCUT2D eigenvalue weighted by molar-refractivity contribution is 0.0622. The molecule has 4 rings (SSSR count). The molecule has 1 heterocycles. The van der Waals surface area contributed by atoms with Gasteiger partial charge in [0, 0.05) is 25.2 Å². The van der Waals surface area contributed by atoms with Crippen molar-refractivity contribution in [2.24, 2.45) is 0 Å². The van der Waals surface area contributed by atoms with Crippen LogP contribution in [-0.4, -0.2) is 56.3 Å². The van der Waals surface area contributed by atoms with Gasteiger partial charge in [-0.3, -0.25) is 4.90 Å². The first kappa shape index (κ1) is 18.3. The number of amides is 1. The van der Waals surface area contributed by atoms with Gasteiger partial charge in [-0.25, -0.2) is 4.79 Å². The van der Waals surface area contributed by atoms with E-state index in [2.05, 4.69) is 36.1 Å². The molecule has 0 aromatic heterocycles. The smallest absolute Gasteiger partial charge is 0.409 e. The molecule has 0 N–H and O–H groups in total. The van der Waals surface area contributed by atoms with E-state index in [1.807, 2.05) is 24.3 Å². The van der Waals surface area contributed by atoms with Gasteiger partial charge in [0.1, 0.15) is 5.75 Å². The molecule has 0 bridgehead atoms. The van der Waals surface area contributed by atoms with Gasteiger partial charge in [0.05, 0.1) is 20.3 Å². The lowest BCUT2D eigenvalue weighted by Crippen LogP contribution is -2.50. The molecule has 0 saturated carbocycles. The minimum Gasteiger partial charge on any atom is -0.496 e. The van der Waals surface area contributed by atoms with Gasteiger partial charge in [0.25, 0.3) is 0 Å². The third-order valence-electron chi connectivity index (χ3n) is 4.94. The fourth-order valence-corrected chi connectivity index (χ4v) is 3.39. The molecule has 138 valence electrons. The molecular weight excluding hydrogens is 328 g/mol. The van der Waals surface area contributed by atoms with E-state index in [0.717, 1.165) is 25.4 Å². The lowest BCUT2D eigenvalue weighted by atomic mass is 10.0. The predicted octanol–water partition coefficient (Wildman–Crippen LogP) is 3.81. The molecular formula is C21H26N2O3. The summed E-state index contributed by atoms with van der Waals surface area (Å²) < 4.78 is 9.82.